The Balaban J connectivity index is 1.90. The van der Waals surface area contributed by atoms with Crippen LogP contribution in [0.25, 0.3) is 11.2 Å². The van der Waals surface area contributed by atoms with Crippen molar-refractivity contribution in [2.45, 2.75) is 58.5 Å². The highest BCUT2D eigenvalue weighted by atomic mass is 16.2. The number of nitrogens with one attached hydrogen (secondary N) is 1. The van der Waals surface area contributed by atoms with Crippen molar-refractivity contribution in [1.82, 2.24) is 19.1 Å². The predicted molar refractivity (Wildman–Crippen MR) is 93.3 cm³/mol. The molecule has 2 bridgehead atoms. The molecular weight excluding hydrogens is 304 g/mol. The second-order valence-corrected chi connectivity index (χ2v) is 7.10. The Morgan fingerprint density at radius 2 is 1.88 bits per heavy atom. The summed E-state index contributed by atoms with van der Waals surface area (Å²) < 4.78 is 3.01. The number of aromatic amines is 1. The Labute approximate surface area is 140 Å². The lowest BCUT2D eigenvalue weighted by molar-refractivity contribution is 0.552. The number of aryl methyl sites for hydroxylation is 1. The molecule has 4 rings (SSSR count). The minimum Gasteiger partial charge on any atom is -0.336 e. The lowest BCUT2D eigenvalue weighted by atomic mass is 9.93. The number of allylic oxidation sites excluding steroid dienone is 2. The van der Waals surface area contributed by atoms with E-state index in [0.717, 1.165) is 25.1 Å². The molecule has 24 heavy (non-hydrogen) atoms. The van der Waals surface area contributed by atoms with Gasteiger partial charge in [0.1, 0.15) is 11.3 Å². The number of imidazole rings is 1. The van der Waals surface area contributed by atoms with Gasteiger partial charge in [-0.15, -0.1) is 0 Å². The fourth-order valence-corrected chi connectivity index (χ4v) is 4.30. The van der Waals surface area contributed by atoms with Gasteiger partial charge in [-0.25, -0.2) is 9.78 Å². The van der Waals surface area contributed by atoms with E-state index in [9.17, 15) is 9.59 Å². The molecule has 2 aromatic heterocycles. The quantitative estimate of drug-likeness (QED) is 0.857. The van der Waals surface area contributed by atoms with E-state index < -0.39 is 0 Å². The number of fused-ring (bicyclic) bond motifs is 3. The minimum atomic E-state index is -0.235. The molecule has 0 aromatic carbocycles. The first kappa shape index (κ1) is 15.4. The minimum absolute atomic E-state index is 0.234. The molecule has 6 nitrogen and oxygen atoms in total. The monoisotopic (exact) mass is 328 g/mol. The van der Waals surface area contributed by atoms with Crippen molar-refractivity contribution in [3.8, 4) is 0 Å². The third-order valence-corrected chi connectivity index (χ3v) is 5.40. The molecule has 2 aliphatic carbocycles. The van der Waals surface area contributed by atoms with Crippen LogP contribution in [0.1, 0.15) is 51.3 Å². The highest BCUT2D eigenvalue weighted by Gasteiger charge is 2.38. The molecule has 1 fully saturated rings. The zero-order valence-corrected chi connectivity index (χ0v) is 14.3. The van der Waals surface area contributed by atoms with Crippen molar-refractivity contribution in [3.05, 3.63) is 38.8 Å². The summed E-state index contributed by atoms with van der Waals surface area (Å²) in [6.45, 7) is 5.03. The summed E-state index contributed by atoms with van der Waals surface area (Å²) in [7, 11) is 0. The van der Waals surface area contributed by atoms with Gasteiger partial charge in [0.2, 0.25) is 0 Å². The summed E-state index contributed by atoms with van der Waals surface area (Å²) in [5.41, 5.74) is 0.544. The zero-order valence-electron chi connectivity index (χ0n) is 14.3. The van der Waals surface area contributed by atoms with Gasteiger partial charge in [0.15, 0.2) is 5.65 Å². The van der Waals surface area contributed by atoms with E-state index in [1.165, 1.54) is 11.0 Å². The largest absolute Gasteiger partial charge is 0.336 e. The first-order chi connectivity index (χ1) is 11.6. The lowest BCUT2D eigenvalue weighted by Crippen LogP contribution is -2.40. The number of rotatable bonds is 5. The van der Waals surface area contributed by atoms with E-state index in [-0.39, 0.29) is 11.2 Å². The van der Waals surface area contributed by atoms with Crippen molar-refractivity contribution in [2.75, 3.05) is 0 Å². The zero-order chi connectivity index (χ0) is 16.8. The Morgan fingerprint density at radius 3 is 2.50 bits per heavy atom. The van der Waals surface area contributed by atoms with Gasteiger partial charge in [0, 0.05) is 19.0 Å². The summed E-state index contributed by atoms with van der Waals surface area (Å²) in [4.78, 5) is 33.4. The van der Waals surface area contributed by atoms with E-state index >= 15 is 0 Å². The van der Waals surface area contributed by atoms with Crippen LogP contribution in [0.4, 0.5) is 0 Å². The van der Waals surface area contributed by atoms with E-state index in [0.29, 0.717) is 42.0 Å². The molecule has 0 unspecified atom stereocenters. The van der Waals surface area contributed by atoms with Gasteiger partial charge in [-0.1, -0.05) is 26.0 Å². The van der Waals surface area contributed by atoms with Crippen LogP contribution in [0.15, 0.2) is 21.7 Å². The molecule has 0 saturated heterocycles. The molecule has 2 aliphatic rings. The number of nitrogens with zero attached hydrogens (tertiary/aromatic N) is 3. The first-order valence-electron chi connectivity index (χ1n) is 9.05. The van der Waals surface area contributed by atoms with Crippen LogP contribution in [0, 0.1) is 11.8 Å². The van der Waals surface area contributed by atoms with Gasteiger partial charge >= 0.3 is 5.69 Å². The van der Waals surface area contributed by atoms with Crippen molar-refractivity contribution in [2.24, 2.45) is 11.8 Å². The molecule has 2 aromatic rings. The van der Waals surface area contributed by atoms with Crippen LogP contribution in [0.5, 0.6) is 0 Å². The average molecular weight is 328 g/mol. The molecule has 0 aliphatic heterocycles. The third-order valence-electron chi connectivity index (χ3n) is 5.40. The molecule has 0 amide bonds. The Bertz CT molecular complexity index is 917. The maximum absolute atomic E-state index is 12.7. The smallest absolute Gasteiger partial charge is 0.332 e. The highest BCUT2D eigenvalue weighted by Crippen LogP contribution is 2.48. The second-order valence-electron chi connectivity index (χ2n) is 7.10. The van der Waals surface area contributed by atoms with Gasteiger partial charge in [-0.3, -0.25) is 13.9 Å². The molecule has 0 spiro atoms. The lowest BCUT2D eigenvalue weighted by Gasteiger charge is -2.14. The van der Waals surface area contributed by atoms with Crippen LogP contribution in [-0.4, -0.2) is 19.1 Å². The molecular formula is C18H24N4O2. The van der Waals surface area contributed by atoms with Crippen LogP contribution < -0.4 is 11.2 Å². The maximum atomic E-state index is 12.7. The van der Waals surface area contributed by atoms with Gasteiger partial charge in [0.05, 0.1) is 0 Å². The number of aromatic nitrogens is 4. The summed E-state index contributed by atoms with van der Waals surface area (Å²) in [5, 5.41) is 0. The molecule has 1 N–H and O–H groups in total. The van der Waals surface area contributed by atoms with Crippen LogP contribution in [0.3, 0.4) is 0 Å². The summed E-state index contributed by atoms with van der Waals surface area (Å²) in [6.07, 6.45) is 8.43. The Hall–Kier alpha value is -2.11. The fourth-order valence-electron chi connectivity index (χ4n) is 4.30. The standard InChI is InChI=1S/C18H24N4O2/c1-3-7-21-16-14(17(23)22(8-4-2)18(21)24)19-15(20-16)13-10-11-5-6-12(13)9-11/h5-6,11-13H,3-4,7-10H2,1-2H3,(H,19,20)/t11-,12+,13+/m1/s1. The van der Waals surface area contributed by atoms with Crippen molar-refractivity contribution in [3.63, 3.8) is 0 Å². The fraction of sp³-hybridized carbons (Fsp3) is 0.611. The van der Waals surface area contributed by atoms with E-state index in [2.05, 4.69) is 17.1 Å². The topological polar surface area (TPSA) is 72.7 Å². The molecule has 128 valence electrons. The molecule has 3 atom stereocenters. The molecule has 1 saturated carbocycles. The van der Waals surface area contributed by atoms with Crippen LogP contribution in [0.2, 0.25) is 0 Å². The first-order valence-corrected chi connectivity index (χ1v) is 9.05. The summed E-state index contributed by atoms with van der Waals surface area (Å²) in [6, 6.07) is 0. The van der Waals surface area contributed by atoms with Crippen molar-refractivity contribution in [1.29, 1.82) is 0 Å². The SMILES string of the molecule is CCCn1c(=O)c2[nH]c([C@H]3C[C@@H]4C=C[C@H]3C4)nc2n(CCC)c1=O. The number of H-pyrrole nitrogens is 1. The maximum Gasteiger partial charge on any atom is 0.332 e. The molecule has 0 radical (unpaired) electrons. The van der Waals surface area contributed by atoms with Gasteiger partial charge in [0.25, 0.3) is 5.56 Å². The van der Waals surface area contributed by atoms with Gasteiger partial charge < -0.3 is 4.98 Å². The summed E-state index contributed by atoms with van der Waals surface area (Å²) in [5.74, 6) is 2.37. The predicted octanol–water partition coefficient (Wildman–Crippen LogP) is 2.39. The van der Waals surface area contributed by atoms with Gasteiger partial charge in [-0.05, 0) is 37.5 Å². The number of hydrogen-bond acceptors (Lipinski definition) is 3. The van der Waals surface area contributed by atoms with E-state index in [1.807, 2.05) is 13.8 Å². The van der Waals surface area contributed by atoms with E-state index in [1.54, 1.807) is 4.57 Å². The second kappa shape index (κ2) is 5.76. The number of hydrogen-bond donors (Lipinski definition) is 1. The van der Waals surface area contributed by atoms with Gasteiger partial charge in [-0.2, -0.15) is 0 Å². The van der Waals surface area contributed by atoms with Crippen LogP contribution in [-0.2, 0) is 13.1 Å². The molecule has 6 heteroatoms. The Kier molecular flexibility index (Phi) is 3.70. The highest BCUT2D eigenvalue weighted by molar-refractivity contribution is 5.70. The molecule has 2 heterocycles. The van der Waals surface area contributed by atoms with Crippen LogP contribution >= 0.6 is 0 Å². The summed E-state index contributed by atoms with van der Waals surface area (Å²) >= 11 is 0. The third kappa shape index (κ3) is 2.19. The van der Waals surface area contributed by atoms with Crippen molar-refractivity contribution >= 4 is 11.2 Å². The average Bonchev–Trinajstić information content (AvgIpc) is 3.29. The van der Waals surface area contributed by atoms with E-state index in [4.69, 9.17) is 4.98 Å². The normalized spacial score (nSPS) is 25.2. The van der Waals surface area contributed by atoms with Crippen molar-refractivity contribution < 1.29 is 0 Å². The Morgan fingerprint density at radius 1 is 1.12 bits per heavy atom.